The topological polar surface area (TPSA) is 35.2 Å². The van der Waals surface area contributed by atoms with Gasteiger partial charge in [-0.25, -0.2) is 0 Å². The smallest absolute Gasteiger partial charge is 0.416 e. The van der Waals surface area contributed by atoms with Crippen molar-refractivity contribution in [1.29, 1.82) is 0 Å². The molecule has 0 bridgehead atoms. The number of rotatable bonds is 3. The Morgan fingerprint density at radius 2 is 1.75 bits per heavy atom. The summed E-state index contributed by atoms with van der Waals surface area (Å²) in [4.78, 5) is 0. The Kier molecular flexibility index (Phi) is 4.35. The molecule has 0 radical (unpaired) electrons. The first-order chi connectivity index (χ1) is 9.41. The summed E-state index contributed by atoms with van der Waals surface area (Å²) in [5.41, 5.74) is 5.06. The van der Waals surface area contributed by atoms with E-state index in [0.717, 1.165) is 12.1 Å². The van der Waals surface area contributed by atoms with Crippen LogP contribution < -0.4 is 10.5 Å². The number of nitrogens with two attached hydrogens (primary N) is 1. The van der Waals surface area contributed by atoms with Crippen LogP contribution in [-0.2, 0) is 12.7 Å². The predicted octanol–water partition coefficient (Wildman–Crippen LogP) is 4.72. The molecule has 6 heteroatoms. The summed E-state index contributed by atoms with van der Waals surface area (Å²) in [5, 5.41) is 0. The van der Waals surface area contributed by atoms with Gasteiger partial charge in [0.2, 0.25) is 0 Å². The predicted molar refractivity (Wildman–Crippen MR) is 73.6 cm³/mol. The minimum absolute atomic E-state index is 0.0380. The Bertz CT molecular complexity index is 614. The maximum atomic E-state index is 12.6. The molecule has 2 aromatic carbocycles. The van der Waals surface area contributed by atoms with Crippen LogP contribution >= 0.6 is 15.9 Å². The molecule has 0 heterocycles. The number of halogens is 4. The monoisotopic (exact) mass is 345 g/mol. The molecule has 0 atom stereocenters. The number of benzene rings is 2. The van der Waals surface area contributed by atoms with Crippen molar-refractivity contribution < 1.29 is 17.9 Å². The fourth-order valence-electron chi connectivity index (χ4n) is 1.66. The molecule has 0 amide bonds. The number of ether oxygens (including phenoxy) is 1. The minimum atomic E-state index is -4.39. The van der Waals surface area contributed by atoms with E-state index in [0.29, 0.717) is 21.5 Å². The molecule has 106 valence electrons. The summed E-state index contributed by atoms with van der Waals surface area (Å²) in [7, 11) is 0. The molecular weight excluding hydrogens is 335 g/mol. The van der Waals surface area contributed by atoms with E-state index < -0.39 is 11.7 Å². The quantitative estimate of drug-likeness (QED) is 0.873. The molecule has 2 nitrogen and oxygen atoms in total. The second-order valence-corrected chi connectivity index (χ2v) is 4.91. The van der Waals surface area contributed by atoms with Crippen molar-refractivity contribution in [2.75, 3.05) is 0 Å². The van der Waals surface area contributed by atoms with Crippen LogP contribution in [0.25, 0.3) is 0 Å². The fraction of sp³-hybridized carbons (Fsp3) is 0.143. The van der Waals surface area contributed by atoms with Gasteiger partial charge in [-0.15, -0.1) is 0 Å². The third-order valence-electron chi connectivity index (χ3n) is 2.66. The maximum Gasteiger partial charge on any atom is 0.416 e. The van der Waals surface area contributed by atoms with E-state index in [1.165, 1.54) is 6.07 Å². The first kappa shape index (κ1) is 14.9. The highest BCUT2D eigenvalue weighted by Gasteiger charge is 2.31. The molecular formula is C14H11BrF3NO. The average molecular weight is 346 g/mol. The van der Waals surface area contributed by atoms with Gasteiger partial charge in [0.1, 0.15) is 11.5 Å². The van der Waals surface area contributed by atoms with E-state index in [1.54, 1.807) is 18.2 Å². The van der Waals surface area contributed by atoms with Gasteiger partial charge < -0.3 is 10.5 Å². The normalized spacial score (nSPS) is 11.4. The summed E-state index contributed by atoms with van der Waals surface area (Å²) in [6.45, 7) is -0.0380. The van der Waals surface area contributed by atoms with E-state index in [4.69, 9.17) is 10.5 Å². The van der Waals surface area contributed by atoms with E-state index >= 15 is 0 Å². The van der Waals surface area contributed by atoms with Gasteiger partial charge in [-0.3, -0.25) is 0 Å². The average Bonchev–Trinajstić information content (AvgIpc) is 2.40. The lowest BCUT2D eigenvalue weighted by molar-refractivity contribution is -0.137. The van der Waals surface area contributed by atoms with Crippen LogP contribution in [0, 0.1) is 0 Å². The highest BCUT2D eigenvalue weighted by atomic mass is 79.9. The Balaban J connectivity index is 2.36. The molecule has 2 N–H and O–H groups in total. The lowest BCUT2D eigenvalue weighted by Gasteiger charge is -2.14. The van der Waals surface area contributed by atoms with Crippen molar-refractivity contribution in [3.05, 3.63) is 58.1 Å². The number of alkyl halides is 3. The molecule has 0 unspecified atom stereocenters. The van der Waals surface area contributed by atoms with Crippen LogP contribution in [0.15, 0.2) is 46.9 Å². The SMILES string of the molecule is NCc1cc(C(F)(F)F)ccc1Oc1ccccc1Br. The Morgan fingerprint density at radius 1 is 1.05 bits per heavy atom. The molecule has 20 heavy (non-hydrogen) atoms. The highest BCUT2D eigenvalue weighted by Crippen LogP contribution is 2.35. The molecule has 2 aromatic rings. The van der Waals surface area contributed by atoms with Gasteiger partial charge in [0.25, 0.3) is 0 Å². The molecule has 0 saturated carbocycles. The van der Waals surface area contributed by atoms with Gasteiger partial charge in [-0.05, 0) is 46.3 Å². The van der Waals surface area contributed by atoms with Crippen LogP contribution in [0.2, 0.25) is 0 Å². The molecule has 2 rings (SSSR count). The summed E-state index contributed by atoms with van der Waals surface area (Å²) < 4.78 is 44.2. The number of hydrogen-bond acceptors (Lipinski definition) is 2. The third kappa shape index (κ3) is 3.32. The largest absolute Gasteiger partial charge is 0.456 e. The summed E-state index contributed by atoms with van der Waals surface area (Å²) >= 11 is 3.31. The van der Waals surface area contributed by atoms with E-state index in [-0.39, 0.29) is 6.54 Å². The summed E-state index contributed by atoms with van der Waals surface area (Å²) in [6, 6.07) is 10.3. The lowest BCUT2D eigenvalue weighted by atomic mass is 10.1. The zero-order valence-corrected chi connectivity index (χ0v) is 11.8. The first-order valence-corrected chi connectivity index (χ1v) is 6.53. The van der Waals surface area contributed by atoms with Gasteiger partial charge in [-0.1, -0.05) is 12.1 Å². The van der Waals surface area contributed by atoms with Crippen LogP contribution in [0.3, 0.4) is 0 Å². The lowest BCUT2D eigenvalue weighted by Crippen LogP contribution is -2.08. The van der Waals surface area contributed by atoms with Gasteiger partial charge in [0.05, 0.1) is 10.0 Å². The van der Waals surface area contributed by atoms with Crippen molar-refractivity contribution in [3.8, 4) is 11.5 Å². The Morgan fingerprint density at radius 3 is 2.35 bits per heavy atom. The number of hydrogen-bond donors (Lipinski definition) is 1. The van der Waals surface area contributed by atoms with Gasteiger partial charge in [-0.2, -0.15) is 13.2 Å². The van der Waals surface area contributed by atoms with Crippen LogP contribution in [0.5, 0.6) is 11.5 Å². The zero-order chi connectivity index (χ0) is 14.8. The fourth-order valence-corrected chi connectivity index (χ4v) is 2.03. The number of para-hydroxylation sites is 1. The Labute approximate surface area is 122 Å². The van der Waals surface area contributed by atoms with Gasteiger partial charge in [0, 0.05) is 12.1 Å². The molecule has 0 saturated heterocycles. The van der Waals surface area contributed by atoms with Crippen LogP contribution in [0.4, 0.5) is 13.2 Å². The van der Waals surface area contributed by atoms with Crippen LogP contribution in [-0.4, -0.2) is 0 Å². The second-order valence-electron chi connectivity index (χ2n) is 4.06. The Hall–Kier alpha value is -1.53. The minimum Gasteiger partial charge on any atom is -0.456 e. The summed E-state index contributed by atoms with van der Waals surface area (Å²) in [5.74, 6) is 0.828. The van der Waals surface area contributed by atoms with Crippen molar-refractivity contribution >= 4 is 15.9 Å². The molecule has 0 aliphatic rings. The first-order valence-electron chi connectivity index (χ1n) is 5.74. The molecule has 0 aromatic heterocycles. The van der Waals surface area contributed by atoms with Crippen molar-refractivity contribution in [1.82, 2.24) is 0 Å². The van der Waals surface area contributed by atoms with Crippen molar-refractivity contribution in [2.24, 2.45) is 5.73 Å². The molecule has 0 aliphatic carbocycles. The molecule has 0 fully saturated rings. The summed E-state index contributed by atoms with van der Waals surface area (Å²) in [6.07, 6.45) is -4.39. The van der Waals surface area contributed by atoms with E-state index in [1.807, 2.05) is 6.07 Å². The molecule has 0 spiro atoms. The maximum absolute atomic E-state index is 12.6. The second kappa shape index (κ2) is 5.85. The van der Waals surface area contributed by atoms with Crippen molar-refractivity contribution in [2.45, 2.75) is 12.7 Å². The van der Waals surface area contributed by atoms with Crippen LogP contribution in [0.1, 0.15) is 11.1 Å². The van der Waals surface area contributed by atoms with Gasteiger partial charge >= 0.3 is 6.18 Å². The third-order valence-corrected chi connectivity index (χ3v) is 3.32. The van der Waals surface area contributed by atoms with Crippen molar-refractivity contribution in [3.63, 3.8) is 0 Å². The van der Waals surface area contributed by atoms with E-state index in [2.05, 4.69) is 15.9 Å². The standard InChI is InChI=1S/C14H11BrF3NO/c15-11-3-1-2-4-13(11)20-12-6-5-10(14(16,17)18)7-9(12)8-19/h1-7H,8,19H2. The highest BCUT2D eigenvalue weighted by molar-refractivity contribution is 9.10. The zero-order valence-electron chi connectivity index (χ0n) is 10.2. The van der Waals surface area contributed by atoms with Gasteiger partial charge in [0.15, 0.2) is 0 Å². The molecule has 0 aliphatic heterocycles. The van der Waals surface area contributed by atoms with E-state index in [9.17, 15) is 13.2 Å².